The van der Waals surface area contributed by atoms with Crippen molar-refractivity contribution in [3.63, 3.8) is 0 Å². The van der Waals surface area contributed by atoms with Crippen LogP contribution in [0.3, 0.4) is 0 Å². The molecular formula is C22H25N5O2. The van der Waals surface area contributed by atoms with Crippen molar-refractivity contribution < 1.29 is 9.53 Å². The number of rotatable bonds is 6. The van der Waals surface area contributed by atoms with E-state index >= 15 is 0 Å². The second kappa shape index (κ2) is 8.05. The Morgan fingerprint density at radius 2 is 1.93 bits per heavy atom. The van der Waals surface area contributed by atoms with Crippen LogP contribution < -0.4 is 4.74 Å². The van der Waals surface area contributed by atoms with Crippen LogP contribution in [0.1, 0.15) is 10.5 Å². The quantitative estimate of drug-likeness (QED) is 0.646. The molecule has 2 aromatic heterocycles. The average molecular weight is 391 g/mol. The molecule has 3 aromatic rings. The molecule has 1 aromatic carbocycles. The topological polar surface area (TPSA) is 63.5 Å². The number of amides is 1. The molecule has 0 N–H and O–H groups in total. The Labute approximate surface area is 170 Å². The third kappa shape index (κ3) is 4.00. The summed E-state index contributed by atoms with van der Waals surface area (Å²) in [6.07, 6.45) is 1.70. The first-order chi connectivity index (χ1) is 14.0. The first-order valence-corrected chi connectivity index (χ1v) is 9.65. The van der Waals surface area contributed by atoms with Crippen LogP contribution in [-0.4, -0.2) is 71.3 Å². The van der Waals surface area contributed by atoms with E-state index in [9.17, 15) is 4.79 Å². The number of hydrogen-bond donors (Lipinski definition) is 0. The van der Waals surface area contributed by atoms with Gasteiger partial charge in [0.05, 0.1) is 24.7 Å². The first-order valence-electron chi connectivity index (χ1n) is 9.65. The molecule has 0 unspecified atom stereocenters. The second-order valence-electron chi connectivity index (χ2n) is 7.59. The number of likely N-dealkylation sites (tertiary alicyclic amines) is 1. The highest BCUT2D eigenvalue weighted by atomic mass is 16.5. The summed E-state index contributed by atoms with van der Waals surface area (Å²) in [6, 6.07) is 15.5. The molecule has 0 atom stereocenters. The van der Waals surface area contributed by atoms with Crippen LogP contribution in [0.4, 0.5) is 0 Å². The van der Waals surface area contributed by atoms with Gasteiger partial charge in [-0.05, 0) is 26.2 Å². The minimum absolute atomic E-state index is 0.0302. The molecule has 0 radical (unpaired) electrons. The van der Waals surface area contributed by atoms with Gasteiger partial charge in [0.15, 0.2) is 5.69 Å². The smallest absolute Gasteiger partial charge is 0.274 e. The zero-order valence-corrected chi connectivity index (χ0v) is 16.9. The van der Waals surface area contributed by atoms with Crippen LogP contribution in [0.2, 0.25) is 0 Å². The number of methoxy groups -OCH3 is 1. The maximum Gasteiger partial charge on any atom is 0.274 e. The maximum absolute atomic E-state index is 13.0. The number of benzene rings is 1. The summed E-state index contributed by atoms with van der Waals surface area (Å²) in [5.41, 5.74) is 3.07. The number of hydrogen-bond acceptors (Lipinski definition) is 5. The van der Waals surface area contributed by atoms with Crippen molar-refractivity contribution in [2.45, 2.75) is 0 Å². The molecular weight excluding hydrogens is 366 g/mol. The number of nitrogens with zero attached hydrogens (tertiary/aromatic N) is 5. The van der Waals surface area contributed by atoms with Crippen LogP contribution in [0.5, 0.6) is 5.88 Å². The predicted octanol–water partition coefficient (Wildman–Crippen LogP) is 2.58. The van der Waals surface area contributed by atoms with Gasteiger partial charge in [0.1, 0.15) is 0 Å². The van der Waals surface area contributed by atoms with E-state index in [1.165, 1.54) is 0 Å². The normalized spacial score (nSPS) is 14.1. The fourth-order valence-electron chi connectivity index (χ4n) is 3.65. The van der Waals surface area contributed by atoms with Gasteiger partial charge in [-0.2, -0.15) is 5.10 Å². The van der Waals surface area contributed by atoms with Gasteiger partial charge in [-0.25, -0.2) is 9.67 Å². The lowest BCUT2D eigenvalue weighted by Gasteiger charge is -2.40. The van der Waals surface area contributed by atoms with Gasteiger partial charge < -0.3 is 14.5 Å². The van der Waals surface area contributed by atoms with Gasteiger partial charge in [0.2, 0.25) is 5.88 Å². The summed E-state index contributed by atoms with van der Waals surface area (Å²) in [5.74, 6) is 1.03. The molecule has 150 valence electrons. The summed E-state index contributed by atoms with van der Waals surface area (Å²) in [7, 11) is 5.70. The Hall–Kier alpha value is -3.19. The Morgan fingerprint density at radius 1 is 1.17 bits per heavy atom. The molecule has 1 amide bonds. The van der Waals surface area contributed by atoms with E-state index < -0.39 is 0 Å². The fourth-order valence-corrected chi connectivity index (χ4v) is 3.65. The predicted molar refractivity (Wildman–Crippen MR) is 111 cm³/mol. The zero-order valence-electron chi connectivity index (χ0n) is 16.9. The molecule has 0 aliphatic carbocycles. The average Bonchev–Trinajstić information content (AvgIpc) is 3.16. The lowest BCUT2D eigenvalue weighted by atomic mass is 9.99. The molecule has 0 bridgehead atoms. The van der Waals surface area contributed by atoms with Crippen molar-refractivity contribution in [1.29, 1.82) is 0 Å². The lowest BCUT2D eigenvalue weighted by Crippen LogP contribution is -2.53. The maximum atomic E-state index is 13.0. The molecule has 1 aliphatic rings. The number of ether oxygens (including phenoxy) is 1. The highest BCUT2D eigenvalue weighted by Crippen LogP contribution is 2.26. The van der Waals surface area contributed by atoms with Crippen LogP contribution >= 0.6 is 0 Å². The van der Waals surface area contributed by atoms with Crippen LogP contribution in [-0.2, 0) is 0 Å². The van der Waals surface area contributed by atoms with E-state index in [4.69, 9.17) is 4.74 Å². The molecule has 0 saturated carbocycles. The van der Waals surface area contributed by atoms with E-state index in [1.54, 1.807) is 24.1 Å². The van der Waals surface area contributed by atoms with E-state index in [0.717, 1.165) is 36.6 Å². The number of aromatic nitrogens is 3. The monoisotopic (exact) mass is 391 g/mol. The molecule has 1 saturated heterocycles. The molecule has 7 heteroatoms. The Kier molecular flexibility index (Phi) is 5.31. The van der Waals surface area contributed by atoms with Gasteiger partial charge >= 0.3 is 0 Å². The van der Waals surface area contributed by atoms with Crippen molar-refractivity contribution in [2.24, 2.45) is 5.92 Å². The number of pyridine rings is 1. The first kappa shape index (κ1) is 19.1. The molecule has 4 rings (SSSR count). The third-order valence-corrected chi connectivity index (χ3v) is 5.04. The van der Waals surface area contributed by atoms with Crippen molar-refractivity contribution in [2.75, 3.05) is 40.8 Å². The van der Waals surface area contributed by atoms with Crippen LogP contribution in [0.15, 0.2) is 54.7 Å². The highest BCUT2D eigenvalue weighted by molar-refractivity contribution is 5.94. The summed E-state index contributed by atoms with van der Waals surface area (Å²) in [6.45, 7) is 2.54. The molecule has 7 nitrogen and oxygen atoms in total. The minimum Gasteiger partial charge on any atom is -0.481 e. The van der Waals surface area contributed by atoms with Crippen LogP contribution in [0.25, 0.3) is 16.9 Å². The summed E-state index contributed by atoms with van der Waals surface area (Å²) >= 11 is 0. The summed E-state index contributed by atoms with van der Waals surface area (Å²) in [4.78, 5) is 21.3. The largest absolute Gasteiger partial charge is 0.481 e. The van der Waals surface area contributed by atoms with Crippen molar-refractivity contribution >= 4 is 5.91 Å². The minimum atomic E-state index is -0.0302. The van der Waals surface area contributed by atoms with Gasteiger partial charge in [0, 0.05) is 37.2 Å². The molecule has 29 heavy (non-hydrogen) atoms. The Bertz CT molecular complexity index is 976. The molecule has 0 spiro atoms. The van der Waals surface area contributed by atoms with E-state index in [2.05, 4.69) is 29.1 Å². The van der Waals surface area contributed by atoms with Gasteiger partial charge in [-0.1, -0.05) is 30.3 Å². The lowest BCUT2D eigenvalue weighted by molar-refractivity contribution is 0.0444. The summed E-state index contributed by atoms with van der Waals surface area (Å²) in [5, 5.41) is 4.64. The number of carbonyl (C=O) groups excluding carboxylic acids is 1. The van der Waals surface area contributed by atoms with E-state index in [1.807, 2.05) is 47.4 Å². The van der Waals surface area contributed by atoms with Gasteiger partial charge in [0.25, 0.3) is 5.91 Å². The Morgan fingerprint density at radius 3 is 2.55 bits per heavy atom. The van der Waals surface area contributed by atoms with Crippen molar-refractivity contribution in [3.05, 3.63) is 60.4 Å². The summed E-state index contributed by atoms with van der Waals surface area (Å²) < 4.78 is 6.92. The molecule has 1 fully saturated rings. The molecule has 3 heterocycles. The van der Waals surface area contributed by atoms with Gasteiger partial charge in [-0.15, -0.1) is 0 Å². The SMILES string of the molecule is COc1ccc(-n2nc(C(=O)N3CC(CN(C)C)C3)cc2-c2ccccc2)cn1. The second-order valence-corrected chi connectivity index (χ2v) is 7.59. The van der Waals surface area contributed by atoms with Crippen LogP contribution in [0, 0.1) is 5.92 Å². The van der Waals surface area contributed by atoms with Crippen molar-refractivity contribution in [1.82, 2.24) is 24.6 Å². The van der Waals surface area contributed by atoms with E-state index in [0.29, 0.717) is 17.5 Å². The highest BCUT2D eigenvalue weighted by Gasteiger charge is 2.33. The Balaban J connectivity index is 1.64. The standard InChI is InChI=1S/C22H25N5O2/c1-25(2)13-16-14-26(15-16)22(28)19-11-20(17-7-5-4-6-8-17)27(24-19)18-9-10-21(29-3)23-12-18/h4-12,16H,13-15H2,1-3H3. The molecule has 1 aliphatic heterocycles. The third-order valence-electron chi connectivity index (χ3n) is 5.04. The zero-order chi connectivity index (χ0) is 20.4. The van der Waals surface area contributed by atoms with E-state index in [-0.39, 0.29) is 5.91 Å². The fraction of sp³-hybridized carbons (Fsp3) is 0.318. The number of carbonyl (C=O) groups is 1. The van der Waals surface area contributed by atoms with Gasteiger partial charge in [-0.3, -0.25) is 4.79 Å². The van der Waals surface area contributed by atoms with Crippen molar-refractivity contribution in [3.8, 4) is 22.8 Å².